The molecule has 1 aliphatic heterocycles. The molecule has 88 valence electrons. The molecular weight excluding hydrogens is 204 g/mol. The van der Waals surface area contributed by atoms with Crippen molar-refractivity contribution in [1.29, 1.82) is 5.26 Å². The highest BCUT2D eigenvalue weighted by Gasteiger charge is 2.20. The first-order chi connectivity index (χ1) is 7.72. The molecule has 4 heteroatoms. The van der Waals surface area contributed by atoms with Crippen LogP contribution in [0.3, 0.4) is 0 Å². The Balaban J connectivity index is 2.72. The van der Waals surface area contributed by atoms with E-state index in [2.05, 4.69) is 11.8 Å². The van der Waals surface area contributed by atoms with Crippen LogP contribution in [0.2, 0.25) is 0 Å². The maximum Gasteiger partial charge on any atom is 0.348 e. The van der Waals surface area contributed by atoms with Crippen molar-refractivity contribution in [2.24, 2.45) is 0 Å². The number of esters is 1. The van der Waals surface area contributed by atoms with E-state index in [1.807, 2.05) is 6.07 Å². The maximum atomic E-state index is 11.5. The molecule has 0 bridgehead atoms. The van der Waals surface area contributed by atoms with Crippen LogP contribution in [0.5, 0.6) is 0 Å². The largest absolute Gasteiger partial charge is 0.462 e. The lowest BCUT2D eigenvalue weighted by Gasteiger charge is -2.27. The van der Waals surface area contributed by atoms with E-state index in [1.54, 1.807) is 6.92 Å². The molecular formula is C12H18N2O2. The average molecular weight is 222 g/mol. The first kappa shape index (κ1) is 12.7. The van der Waals surface area contributed by atoms with E-state index in [9.17, 15) is 4.79 Å². The third-order valence-electron chi connectivity index (χ3n) is 2.85. The highest BCUT2D eigenvalue weighted by atomic mass is 16.5. The number of ether oxygens (including phenoxy) is 1. The monoisotopic (exact) mass is 222 g/mol. The molecule has 0 N–H and O–H groups in total. The number of carbonyl (C=O) groups is 1. The first-order valence-corrected chi connectivity index (χ1v) is 5.74. The van der Waals surface area contributed by atoms with Crippen molar-refractivity contribution in [3.8, 4) is 6.07 Å². The van der Waals surface area contributed by atoms with Gasteiger partial charge >= 0.3 is 5.97 Å². The van der Waals surface area contributed by atoms with Crippen LogP contribution in [0.25, 0.3) is 0 Å². The van der Waals surface area contributed by atoms with Gasteiger partial charge in [-0.1, -0.05) is 6.92 Å². The van der Waals surface area contributed by atoms with E-state index in [0.29, 0.717) is 6.61 Å². The highest BCUT2D eigenvalue weighted by Crippen LogP contribution is 2.20. The fraction of sp³-hybridized carbons (Fsp3) is 0.667. The standard InChI is InChI=1S/C12H18N2O2/c1-3-14-7-5-10(6-8-14)11(9-13)12(15)16-4-2/h3-8H2,1-2H3. The number of rotatable bonds is 3. The van der Waals surface area contributed by atoms with Crippen LogP contribution < -0.4 is 0 Å². The van der Waals surface area contributed by atoms with E-state index in [-0.39, 0.29) is 5.57 Å². The summed E-state index contributed by atoms with van der Waals surface area (Å²) >= 11 is 0. The van der Waals surface area contributed by atoms with Gasteiger partial charge in [-0.05, 0) is 31.9 Å². The second-order valence-corrected chi connectivity index (χ2v) is 3.75. The SMILES string of the molecule is CCOC(=O)C(C#N)=C1CCN(CC)CC1. The molecule has 0 aromatic carbocycles. The molecule has 0 atom stereocenters. The van der Waals surface area contributed by atoms with Gasteiger partial charge in [0.05, 0.1) is 6.61 Å². The van der Waals surface area contributed by atoms with Crippen molar-refractivity contribution in [1.82, 2.24) is 4.90 Å². The minimum Gasteiger partial charge on any atom is -0.462 e. The van der Waals surface area contributed by atoms with Gasteiger partial charge in [0.2, 0.25) is 0 Å². The summed E-state index contributed by atoms with van der Waals surface area (Å²) in [5.41, 5.74) is 1.17. The van der Waals surface area contributed by atoms with Gasteiger partial charge in [-0.25, -0.2) is 4.79 Å². The van der Waals surface area contributed by atoms with E-state index in [1.165, 1.54) is 0 Å². The van der Waals surface area contributed by atoms with Gasteiger partial charge in [-0.2, -0.15) is 5.26 Å². The number of nitriles is 1. The summed E-state index contributed by atoms with van der Waals surface area (Å²) in [6.07, 6.45) is 1.60. The molecule has 0 spiro atoms. The first-order valence-electron chi connectivity index (χ1n) is 5.74. The van der Waals surface area contributed by atoms with Gasteiger partial charge in [0, 0.05) is 13.1 Å². The van der Waals surface area contributed by atoms with E-state index in [0.717, 1.165) is 38.0 Å². The average Bonchev–Trinajstić information content (AvgIpc) is 2.31. The summed E-state index contributed by atoms with van der Waals surface area (Å²) in [4.78, 5) is 13.8. The minimum absolute atomic E-state index is 0.220. The summed E-state index contributed by atoms with van der Waals surface area (Å²) in [6.45, 7) is 7.06. The topological polar surface area (TPSA) is 53.3 Å². The van der Waals surface area contributed by atoms with Gasteiger partial charge in [-0.15, -0.1) is 0 Å². The molecule has 0 amide bonds. The molecule has 1 saturated heterocycles. The number of likely N-dealkylation sites (tertiary alicyclic amines) is 1. The van der Waals surface area contributed by atoms with E-state index in [4.69, 9.17) is 10.00 Å². The number of piperidine rings is 1. The lowest BCUT2D eigenvalue weighted by atomic mass is 9.98. The summed E-state index contributed by atoms with van der Waals surface area (Å²) in [6, 6.07) is 1.98. The fourth-order valence-corrected chi connectivity index (χ4v) is 1.86. The Labute approximate surface area is 96.5 Å². The Hall–Kier alpha value is -1.34. The van der Waals surface area contributed by atoms with Crippen molar-refractivity contribution < 1.29 is 9.53 Å². The number of nitrogens with zero attached hydrogens (tertiary/aromatic N) is 2. The predicted molar refractivity (Wildman–Crippen MR) is 60.6 cm³/mol. The predicted octanol–water partition coefficient (Wildman–Crippen LogP) is 1.49. The smallest absolute Gasteiger partial charge is 0.348 e. The van der Waals surface area contributed by atoms with Crippen LogP contribution >= 0.6 is 0 Å². The van der Waals surface area contributed by atoms with Gasteiger partial charge in [0.25, 0.3) is 0 Å². The maximum absolute atomic E-state index is 11.5. The second kappa shape index (κ2) is 6.29. The number of carbonyl (C=O) groups excluding carboxylic acids is 1. The van der Waals surface area contributed by atoms with Crippen LogP contribution in [0.4, 0.5) is 0 Å². The van der Waals surface area contributed by atoms with E-state index >= 15 is 0 Å². The number of hydrogen-bond acceptors (Lipinski definition) is 4. The van der Waals surface area contributed by atoms with Crippen LogP contribution in [0.15, 0.2) is 11.1 Å². The molecule has 4 nitrogen and oxygen atoms in total. The van der Waals surface area contributed by atoms with Crippen molar-refractivity contribution in [3.05, 3.63) is 11.1 Å². The lowest BCUT2D eigenvalue weighted by Crippen LogP contribution is -2.31. The van der Waals surface area contributed by atoms with Gasteiger partial charge in [-0.3, -0.25) is 0 Å². The van der Waals surface area contributed by atoms with Crippen LogP contribution in [-0.2, 0) is 9.53 Å². The summed E-state index contributed by atoms with van der Waals surface area (Å²) in [7, 11) is 0. The zero-order valence-corrected chi connectivity index (χ0v) is 9.95. The van der Waals surface area contributed by atoms with Crippen molar-refractivity contribution in [2.75, 3.05) is 26.2 Å². The van der Waals surface area contributed by atoms with Crippen molar-refractivity contribution in [3.63, 3.8) is 0 Å². The van der Waals surface area contributed by atoms with E-state index < -0.39 is 5.97 Å². The highest BCUT2D eigenvalue weighted by molar-refractivity contribution is 5.93. The van der Waals surface area contributed by atoms with Crippen molar-refractivity contribution >= 4 is 5.97 Å². The molecule has 0 unspecified atom stereocenters. The summed E-state index contributed by atoms with van der Waals surface area (Å²) in [5, 5.41) is 8.98. The molecule has 1 heterocycles. The number of hydrogen-bond donors (Lipinski definition) is 0. The molecule has 0 aromatic heterocycles. The Morgan fingerprint density at radius 3 is 2.50 bits per heavy atom. The third-order valence-corrected chi connectivity index (χ3v) is 2.85. The van der Waals surface area contributed by atoms with Gasteiger partial charge in [0.15, 0.2) is 0 Å². The normalized spacial score (nSPS) is 16.7. The Bertz CT molecular complexity index is 318. The Morgan fingerprint density at radius 2 is 2.06 bits per heavy atom. The molecule has 0 aromatic rings. The molecule has 0 saturated carbocycles. The zero-order chi connectivity index (χ0) is 12.0. The third kappa shape index (κ3) is 3.07. The van der Waals surface area contributed by atoms with Gasteiger partial charge < -0.3 is 9.64 Å². The molecule has 1 aliphatic rings. The molecule has 1 fully saturated rings. The zero-order valence-electron chi connectivity index (χ0n) is 9.95. The Morgan fingerprint density at radius 1 is 1.44 bits per heavy atom. The van der Waals surface area contributed by atoms with Crippen LogP contribution in [0.1, 0.15) is 26.7 Å². The van der Waals surface area contributed by atoms with Gasteiger partial charge in [0.1, 0.15) is 11.6 Å². The van der Waals surface area contributed by atoms with Crippen LogP contribution in [0, 0.1) is 11.3 Å². The van der Waals surface area contributed by atoms with Crippen LogP contribution in [-0.4, -0.2) is 37.1 Å². The molecule has 1 rings (SSSR count). The summed E-state index contributed by atoms with van der Waals surface area (Å²) < 4.78 is 4.87. The molecule has 0 aliphatic carbocycles. The molecule has 16 heavy (non-hydrogen) atoms. The summed E-state index contributed by atoms with van der Waals surface area (Å²) in [5.74, 6) is -0.468. The second-order valence-electron chi connectivity index (χ2n) is 3.75. The lowest BCUT2D eigenvalue weighted by molar-refractivity contribution is -0.138. The fourth-order valence-electron chi connectivity index (χ4n) is 1.86. The quantitative estimate of drug-likeness (QED) is 0.412. The van der Waals surface area contributed by atoms with Crippen molar-refractivity contribution in [2.45, 2.75) is 26.7 Å². The Kier molecular flexibility index (Phi) is 5.00. The minimum atomic E-state index is -0.468. The molecule has 0 radical (unpaired) electrons.